The molecule has 0 bridgehead atoms. The van der Waals surface area contributed by atoms with Crippen LogP contribution in [0, 0.1) is 12.7 Å². The Labute approximate surface area is 135 Å². The van der Waals surface area contributed by atoms with Gasteiger partial charge in [-0.1, -0.05) is 11.6 Å². The second-order valence-electron chi connectivity index (χ2n) is 4.37. The maximum atomic E-state index is 13.1. The summed E-state index contributed by atoms with van der Waals surface area (Å²) in [5, 5.41) is 0.201. The molecular weight excluding hydrogens is 383 g/mol. The minimum absolute atomic E-state index is 0.0868. The van der Waals surface area contributed by atoms with Gasteiger partial charge in [-0.05, 0) is 58.7 Å². The largest absolute Gasteiger partial charge is 0.398 e. The molecule has 0 heterocycles. The van der Waals surface area contributed by atoms with Crippen molar-refractivity contribution in [3.8, 4) is 0 Å². The molecule has 21 heavy (non-hydrogen) atoms. The Kier molecular flexibility index (Phi) is 4.46. The molecule has 0 aliphatic heterocycles. The average Bonchev–Trinajstić information content (AvgIpc) is 2.37. The fraction of sp³-hybridized carbons (Fsp3) is 0.0769. The van der Waals surface area contributed by atoms with Gasteiger partial charge in [-0.2, -0.15) is 0 Å². The first-order valence-corrected chi connectivity index (χ1v) is 8.39. The number of halogens is 3. The fourth-order valence-electron chi connectivity index (χ4n) is 1.72. The second kappa shape index (κ2) is 5.82. The van der Waals surface area contributed by atoms with Gasteiger partial charge in [0.15, 0.2) is 0 Å². The van der Waals surface area contributed by atoms with Crippen molar-refractivity contribution in [2.45, 2.75) is 11.8 Å². The van der Waals surface area contributed by atoms with Crippen LogP contribution in [0.25, 0.3) is 0 Å². The molecule has 3 N–H and O–H groups in total. The van der Waals surface area contributed by atoms with Crippen LogP contribution in [0.4, 0.5) is 15.8 Å². The smallest absolute Gasteiger partial charge is 0.263 e. The third-order valence-electron chi connectivity index (χ3n) is 2.75. The first-order valence-electron chi connectivity index (χ1n) is 5.74. The maximum absolute atomic E-state index is 13.1. The van der Waals surface area contributed by atoms with Gasteiger partial charge in [0, 0.05) is 10.7 Å². The summed E-state index contributed by atoms with van der Waals surface area (Å²) in [5.41, 5.74) is 6.64. The van der Waals surface area contributed by atoms with Crippen LogP contribution in [0.3, 0.4) is 0 Å². The Balaban J connectivity index is 2.48. The van der Waals surface area contributed by atoms with Gasteiger partial charge in [0.25, 0.3) is 10.0 Å². The van der Waals surface area contributed by atoms with E-state index in [1.807, 2.05) is 0 Å². The molecule has 2 rings (SSSR count). The van der Waals surface area contributed by atoms with Crippen molar-refractivity contribution in [2.75, 3.05) is 10.5 Å². The molecule has 0 amide bonds. The van der Waals surface area contributed by atoms with E-state index in [0.29, 0.717) is 5.56 Å². The fourth-order valence-corrected chi connectivity index (χ4v) is 4.15. The molecule has 0 saturated carbocycles. The molecule has 0 radical (unpaired) electrons. The number of nitrogens with one attached hydrogen (secondary N) is 1. The predicted molar refractivity (Wildman–Crippen MR) is 85.5 cm³/mol. The zero-order chi connectivity index (χ0) is 15.8. The number of hydrogen-bond acceptors (Lipinski definition) is 3. The molecule has 112 valence electrons. The Morgan fingerprint density at radius 1 is 1.29 bits per heavy atom. The van der Waals surface area contributed by atoms with Crippen LogP contribution >= 0.6 is 27.5 Å². The Morgan fingerprint density at radius 2 is 1.95 bits per heavy atom. The van der Waals surface area contributed by atoms with Crippen LogP contribution in [0.2, 0.25) is 5.02 Å². The highest BCUT2D eigenvalue weighted by atomic mass is 79.9. The molecule has 0 spiro atoms. The number of sulfonamides is 1. The lowest BCUT2D eigenvalue weighted by Gasteiger charge is -2.13. The molecule has 0 aliphatic carbocycles. The summed E-state index contributed by atoms with van der Waals surface area (Å²) in [6, 6.07) is 6.48. The van der Waals surface area contributed by atoms with Crippen LogP contribution in [0.1, 0.15) is 5.56 Å². The molecule has 4 nitrogen and oxygen atoms in total. The second-order valence-corrected chi connectivity index (χ2v) is 7.25. The molecule has 2 aromatic carbocycles. The van der Waals surface area contributed by atoms with Crippen LogP contribution in [-0.2, 0) is 10.0 Å². The Bertz CT molecular complexity index is 812. The first kappa shape index (κ1) is 16.1. The SMILES string of the molecule is Cc1cc(F)ccc1NS(=O)(=O)c1cc(Cl)cc(N)c1Br. The van der Waals surface area contributed by atoms with Crippen LogP contribution < -0.4 is 10.5 Å². The predicted octanol–water partition coefficient (Wildman–Crippen LogP) is 3.93. The lowest BCUT2D eigenvalue weighted by molar-refractivity contribution is 0.600. The lowest BCUT2D eigenvalue weighted by Crippen LogP contribution is -2.15. The number of nitrogens with two attached hydrogens (primary N) is 1. The van der Waals surface area contributed by atoms with E-state index in [9.17, 15) is 12.8 Å². The molecule has 0 saturated heterocycles. The van der Waals surface area contributed by atoms with Crippen LogP contribution in [0.5, 0.6) is 0 Å². The molecule has 8 heteroatoms. The zero-order valence-corrected chi connectivity index (χ0v) is 14.0. The molecule has 0 aliphatic rings. The summed E-state index contributed by atoms with van der Waals surface area (Å²) in [5.74, 6) is -0.441. The van der Waals surface area contributed by atoms with E-state index >= 15 is 0 Å². The summed E-state index contributed by atoms with van der Waals surface area (Å²) in [7, 11) is -3.91. The third kappa shape index (κ3) is 3.48. The highest BCUT2D eigenvalue weighted by molar-refractivity contribution is 9.10. The van der Waals surface area contributed by atoms with Crippen molar-refractivity contribution in [3.63, 3.8) is 0 Å². The summed E-state index contributed by atoms with van der Waals surface area (Å²) in [6.45, 7) is 1.60. The van der Waals surface area contributed by atoms with Gasteiger partial charge in [0.1, 0.15) is 10.7 Å². The summed E-state index contributed by atoms with van der Waals surface area (Å²) < 4.78 is 40.5. The monoisotopic (exact) mass is 392 g/mol. The third-order valence-corrected chi connectivity index (χ3v) is 5.51. The maximum Gasteiger partial charge on any atom is 0.263 e. The molecule has 2 aromatic rings. The van der Waals surface area contributed by atoms with Crippen molar-refractivity contribution in [1.82, 2.24) is 0 Å². The van der Waals surface area contributed by atoms with Crippen molar-refractivity contribution < 1.29 is 12.8 Å². The number of anilines is 2. The minimum atomic E-state index is -3.91. The summed E-state index contributed by atoms with van der Waals surface area (Å²) >= 11 is 8.97. The minimum Gasteiger partial charge on any atom is -0.398 e. The van der Waals surface area contributed by atoms with E-state index in [1.54, 1.807) is 6.92 Å². The normalized spacial score (nSPS) is 11.4. The molecule has 0 unspecified atom stereocenters. The lowest BCUT2D eigenvalue weighted by atomic mass is 10.2. The Morgan fingerprint density at radius 3 is 2.57 bits per heavy atom. The van der Waals surface area contributed by atoms with Crippen molar-refractivity contribution in [1.29, 1.82) is 0 Å². The van der Waals surface area contributed by atoms with Gasteiger partial charge in [0.2, 0.25) is 0 Å². The van der Waals surface area contributed by atoms with E-state index in [2.05, 4.69) is 20.7 Å². The average molecular weight is 394 g/mol. The van der Waals surface area contributed by atoms with Gasteiger partial charge in [-0.3, -0.25) is 4.72 Å². The van der Waals surface area contributed by atoms with Gasteiger partial charge in [-0.15, -0.1) is 0 Å². The van der Waals surface area contributed by atoms with E-state index in [4.69, 9.17) is 17.3 Å². The van der Waals surface area contributed by atoms with Gasteiger partial charge in [0.05, 0.1) is 10.2 Å². The Hall–Kier alpha value is -1.31. The van der Waals surface area contributed by atoms with Gasteiger partial charge < -0.3 is 5.73 Å². The topological polar surface area (TPSA) is 72.2 Å². The first-order chi connectivity index (χ1) is 9.70. The van der Waals surface area contributed by atoms with Crippen molar-refractivity contribution in [2.24, 2.45) is 0 Å². The van der Waals surface area contributed by atoms with Gasteiger partial charge in [-0.25, -0.2) is 12.8 Å². The highest BCUT2D eigenvalue weighted by Gasteiger charge is 2.21. The summed E-state index contributed by atoms with van der Waals surface area (Å²) in [4.78, 5) is -0.0868. The van der Waals surface area contributed by atoms with Gasteiger partial charge >= 0.3 is 0 Å². The molecule has 0 fully saturated rings. The van der Waals surface area contributed by atoms with Crippen LogP contribution in [0.15, 0.2) is 39.7 Å². The van der Waals surface area contributed by atoms with Crippen molar-refractivity contribution in [3.05, 3.63) is 51.2 Å². The quantitative estimate of drug-likeness (QED) is 0.776. The van der Waals surface area contributed by atoms with Crippen LogP contribution in [-0.4, -0.2) is 8.42 Å². The highest BCUT2D eigenvalue weighted by Crippen LogP contribution is 2.33. The number of nitrogen functional groups attached to an aromatic ring is 1. The molecule has 0 aromatic heterocycles. The van der Waals surface area contributed by atoms with E-state index in [-0.39, 0.29) is 25.8 Å². The number of rotatable bonds is 3. The zero-order valence-electron chi connectivity index (χ0n) is 10.8. The molecular formula is C13H11BrClFN2O2S. The number of aryl methyl sites for hydroxylation is 1. The van der Waals surface area contributed by atoms with E-state index in [0.717, 1.165) is 0 Å². The number of hydrogen-bond donors (Lipinski definition) is 2. The number of benzene rings is 2. The standard InChI is InChI=1S/C13H11BrClFN2O2S/c1-7-4-9(16)2-3-11(7)18-21(19,20)12-6-8(15)5-10(17)13(12)14/h2-6,18H,17H2,1H3. The van der Waals surface area contributed by atoms with E-state index in [1.165, 1.54) is 30.3 Å². The van der Waals surface area contributed by atoms with E-state index < -0.39 is 15.8 Å². The van der Waals surface area contributed by atoms with Crippen molar-refractivity contribution >= 4 is 48.9 Å². The molecule has 0 atom stereocenters. The summed E-state index contributed by atoms with van der Waals surface area (Å²) in [6.07, 6.45) is 0.